The number of nitrogens with two attached hydrogens (primary N) is 1. The van der Waals surface area contributed by atoms with Gasteiger partial charge in [0.2, 0.25) is 11.8 Å². The summed E-state index contributed by atoms with van der Waals surface area (Å²) in [6, 6.07) is 10.2. The molecule has 0 radical (unpaired) electrons. The molecule has 1 aromatic rings. The molecule has 0 aliphatic carbocycles. The molecule has 1 heterocycles. The number of likely N-dealkylation sites (tertiary alicyclic amines) is 1. The first-order valence-electron chi connectivity index (χ1n) is 8.35. The zero-order valence-electron chi connectivity index (χ0n) is 14.0. The van der Waals surface area contributed by atoms with Crippen LogP contribution < -0.4 is 11.1 Å². The van der Waals surface area contributed by atoms with Crippen LogP contribution in [0.1, 0.15) is 44.6 Å². The summed E-state index contributed by atoms with van der Waals surface area (Å²) < 4.78 is 0. The van der Waals surface area contributed by atoms with Gasteiger partial charge in [-0.25, -0.2) is 0 Å². The van der Waals surface area contributed by atoms with Crippen LogP contribution in [0.4, 0.5) is 0 Å². The van der Waals surface area contributed by atoms with E-state index in [0.717, 1.165) is 0 Å². The topological polar surface area (TPSA) is 75.4 Å². The smallest absolute Gasteiger partial charge is 0.222 e. The van der Waals surface area contributed by atoms with E-state index in [-0.39, 0.29) is 29.8 Å². The lowest BCUT2D eigenvalue weighted by atomic mass is 9.95. The highest BCUT2D eigenvalue weighted by atomic mass is 16.2. The number of carbonyl (C=O) groups excluding carboxylic acids is 2. The molecule has 5 heteroatoms. The van der Waals surface area contributed by atoms with Gasteiger partial charge >= 0.3 is 0 Å². The van der Waals surface area contributed by atoms with Crippen molar-refractivity contribution in [2.24, 2.45) is 5.73 Å². The van der Waals surface area contributed by atoms with Gasteiger partial charge in [-0.3, -0.25) is 9.59 Å². The van der Waals surface area contributed by atoms with Crippen molar-refractivity contribution in [3.8, 4) is 0 Å². The molecule has 0 bridgehead atoms. The second-order valence-electron chi connectivity index (χ2n) is 6.56. The van der Waals surface area contributed by atoms with Crippen LogP contribution in [0, 0.1) is 0 Å². The minimum Gasteiger partial charge on any atom is -0.354 e. The first kappa shape index (κ1) is 17.5. The molecule has 0 unspecified atom stereocenters. The Hall–Kier alpha value is -1.88. The van der Waals surface area contributed by atoms with Crippen LogP contribution in [-0.4, -0.2) is 41.9 Å². The molecule has 1 aliphatic heterocycles. The van der Waals surface area contributed by atoms with Gasteiger partial charge in [-0.1, -0.05) is 30.3 Å². The van der Waals surface area contributed by atoms with Gasteiger partial charge in [0, 0.05) is 43.9 Å². The normalized spacial score (nSPS) is 20.8. The monoisotopic (exact) mass is 317 g/mol. The molecule has 126 valence electrons. The Morgan fingerprint density at radius 1 is 1.22 bits per heavy atom. The minimum atomic E-state index is -0.0226. The van der Waals surface area contributed by atoms with Crippen molar-refractivity contribution in [3.05, 3.63) is 35.9 Å². The Morgan fingerprint density at radius 3 is 2.57 bits per heavy atom. The summed E-state index contributed by atoms with van der Waals surface area (Å²) in [7, 11) is 0. The molecule has 2 rings (SSSR count). The summed E-state index contributed by atoms with van der Waals surface area (Å²) in [5, 5.41) is 2.84. The Morgan fingerprint density at radius 2 is 1.91 bits per heavy atom. The number of nitrogens with zero attached hydrogens (tertiary/aromatic N) is 1. The van der Waals surface area contributed by atoms with Crippen LogP contribution in [0.5, 0.6) is 0 Å². The average molecular weight is 317 g/mol. The van der Waals surface area contributed by atoms with E-state index in [1.54, 1.807) is 0 Å². The molecular formula is C18H27N3O2. The van der Waals surface area contributed by atoms with Gasteiger partial charge in [0.05, 0.1) is 0 Å². The maximum absolute atomic E-state index is 12.3. The van der Waals surface area contributed by atoms with Gasteiger partial charge in [-0.15, -0.1) is 0 Å². The van der Waals surface area contributed by atoms with Crippen molar-refractivity contribution >= 4 is 11.8 Å². The van der Waals surface area contributed by atoms with E-state index in [0.29, 0.717) is 32.4 Å². The van der Waals surface area contributed by atoms with E-state index in [2.05, 4.69) is 17.4 Å². The summed E-state index contributed by atoms with van der Waals surface area (Å²) in [5.74, 6) is 0.300. The maximum Gasteiger partial charge on any atom is 0.222 e. The Labute approximate surface area is 138 Å². The van der Waals surface area contributed by atoms with Crippen LogP contribution in [-0.2, 0) is 9.59 Å². The first-order chi connectivity index (χ1) is 11.0. The molecular weight excluding hydrogens is 290 g/mol. The van der Waals surface area contributed by atoms with Crippen LogP contribution in [0.2, 0.25) is 0 Å². The van der Waals surface area contributed by atoms with Crippen molar-refractivity contribution in [2.45, 2.75) is 51.1 Å². The molecule has 1 aliphatic rings. The van der Waals surface area contributed by atoms with Gasteiger partial charge < -0.3 is 16.0 Å². The van der Waals surface area contributed by atoms with Gasteiger partial charge in [0.25, 0.3) is 0 Å². The molecule has 0 saturated carbocycles. The Balaban J connectivity index is 1.79. The van der Waals surface area contributed by atoms with E-state index in [1.807, 2.05) is 36.9 Å². The Bertz CT molecular complexity index is 530. The highest BCUT2D eigenvalue weighted by molar-refractivity contribution is 5.79. The lowest BCUT2D eigenvalue weighted by molar-refractivity contribution is -0.130. The third-order valence-corrected chi connectivity index (χ3v) is 4.19. The van der Waals surface area contributed by atoms with Gasteiger partial charge in [-0.2, -0.15) is 0 Å². The molecule has 0 spiro atoms. The number of amides is 2. The quantitative estimate of drug-likeness (QED) is 0.837. The molecule has 5 nitrogen and oxygen atoms in total. The number of carbonyl (C=O) groups is 2. The number of hydrogen-bond acceptors (Lipinski definition) is 3. The van der Waals surface area contributed by atoms with Crippen molar-refractivity contribution in [1.82, 2.24) is 10.2 Å². The molecule has 0 aromatic heterocycles. The predicted molar refractivity (Wildman–Crippen MR) is 90.9 cm³/mol. The summed E-state index contributed by atoms with van der Waals surface area (Å²) in [4.78, 5) is 25.7. The number of rotatable bonds is 6. The highest BCUT2D eigenvalue weighted by Gasteiger charge is 2.33. The van der Waals surface area contributed by atoms with E-state index in [1.165, 1.54) is 5.56 Å². The van der Waals surface area contributed by atoms with Crippen LogP contribution >= 0.6 is 0 Å². The summed E-state index contributed by atoms with van der Waals surface area (Å²) in [6.45, 7) is 5.12. The van der Waals surface area contributed by atoms with Crippen LogP contribution in [0.25, 0.3) is 0 Å². The Kier molecular flexibility index (Phi) is 6.16. The number of hydrogen-bond donors (Lipinski definition) is 2. The van der Waals surface area contributed by atoms with Crippen molar-refractivity contribution < 1.29 is 9.59 Å². The fourth-order valence-electron chi connectivity index (χ4n) is 3.04. The fourth-order valence-corrected chi connectivity index (χ4v) is 3.04. The van der Waals surface area contributed by atoms with Gasteiger partial charge in [0.15, 0.2) is 0 Å². The fraction of sp³-hybridized carbons (Fsp3) is 0.556. The van der Waals surface area contributed by atoms with E-state index < -0.39 is 0 Å². The lowest BCUT2D eigenvalue weighted by Gasteiger charge is -2.16. The molecule has 1 fully saturated rings. The summed E-state index contributed by atoms with van der Waals surface area (Å²) in [6.07, 6.45) is 1.38. The van der Waals surface area contributed by atoms with Crippen LogP contribution in [0.3, 0.4) is 0 Å². The van der Waals surface area contributed by atoms with E-state index >= 15 is 0 Å². The standard InChI is InChI=1S/C18H27N3O2/c1-13(2)20-17(22)9-6-10-18(23)21-11-15(16(19)12-21)14-7-4-3-5-8-14/h3-5,7-8,13,15-16H,6,9-12,19H2,1-2H3,(H,20,22)/t15-,16+/m0/s1. The summed E-state index contributed by atoms with van der Waals surface area (Å²) >= 11 is 0. The van der Waals surface area contributed by atoms with Crippen molar-refractivity contribution in [2.75, 3.05) is 13.1 Å². The van der Waals surface area contributed by atoms with Crippen molar-refractivity contribution in [1.29, 1.82) is 0 Å². The first-order valence-corrected chi connectivity index (χ1v) is 8.35. The van der Waals surface area contributed by atoms with E-state index in [9.17, 15) is 9.59 Å². The van der Waals surface area contributed by atoms with Crippen molar-refractivity contribution in [3.63, 3.8) is 0 Å². The number of nitrogens with one attached hydrogen (secondary N) is 1. The maximum atomic E-state index is 12.3. The van der Waals surface area contributed by atoms with Gasteiger partial charge in [-0.05, 0) is 25.8 Å². The lowest BCUT2D eigenvalue weighted by Crippen LogP contribution is -2.33. The minimum absolute atomic E-state index is 0.00749. The zero-order valence-corrected chi connectivity index (χ0v) is 14.0. The second kappa shape index (κ2) is 8.11. The molecule has 2 amide bonds. The molecule has 23 heavy (non-hydrogen) atoms. The molecule has 1 saturated heterocycles. The predicted octanol–water partition coefficient (Wildman–Crippen LogP) is 1.63. The largest absolute Gasteiger partial charge is 0.354 e. The van der Waals surface area contributed by atoms with Crippen LogP contribution in [0.15, 0.2) is 30.3 Å². The molecule has 1 aromatic carbocycles. The summed E-state index contributed by atoms with van der Waals surface area (Å²) in [5.41, 5.74) is 7.40. The van der Waals surface area contributed by atoms with E-state index in [4.69, 9.17) is 5.73 Å². The van der Waals surface area contributed by atoms with Gasteiger partial charge in [0.1, 0.15) is 0 Å². The molecule has 2 atom stereocenters. The third kappa shape index (κ3) is 5.06. The zero-order chi connectivity index (χ0) is 16.8. The SMILES string of the molecule is CC(C)NC(=O)CCCC(=O)N1C[C@@H](N)[C@H](c2ccccc2)C1. The third-order valence-electron chi connectivity index (χ3n) is 4.19. The number of benzene rings is 1. The second-order valence-corrected chi connectivity index (χ2v) is 6.56. The highest BCUT2D eigenvalue weighted by Crippen LogP contribution is 2.26. The molecule has 3 N–H and O–H groups in total. The average Bonchev–Trinajstić information content (AvgIpc) is 2.89.